The summed E-state index contributed by atoms with van der Waals surface area (Å²) in [4.78, 5) is 24.4. The molecule has 3 rings (SSSR count). The van der Waals surface area contributed by atoms with Crippen LogP contribution in [0.25, 0.3) is 0 Å². The highest BCUT2D eigenvalue weighted by Gasteiger charge is 2.59. The van der Waals surface area contributed by atoms with E-state index in [-0.39, 0.29) is 42.4 Å². The Hall–Kier alpha value is -1.36. The van der Waals surface area contributed by atoms with Crippen molar-refractivity contribution in [1.29, 1.82) is 0 Å². The molecule has 8 unspecified atom stereocenters. The zero-order valence-corrected chi connectivity index (χ0v) is 19.5. The first-order valence-electron chi connectivity index (χ1n) is 11.6. The SMILES string of the molecule is CC(=O)OC(CO)COC(=O)C1C(C)C=CC2C1CC(C)C1C(C)(C)CCCC21C. The number of carbonyl (C=O) groups is 2. The van der Waals surface area contributed by atoms with Crippen molar-refractivity contribution in [3.05, 3.63) is 12.2 Å². The van der Waals surface area contributed by atoms with Crippen LogP contribution in [0.3, 0.4) is 0 Å². The highest BCUT2D eigenvalue weighted by Crippen LogP contribution is 2.65. The van der Waals surface area contributed by atoms with Gasteiger partial charge in [-0.25, -0.2) is 0 Å². The zero-order chi connectivity index (χ0) is 22.3. The second-order valence-corrected chi connectivity index (χ2v) is 11.0. The van der Waals surface area contributed by atoms with Gasteiger partial charge in [0.1, 0.15) is 6.61 Å². The molecule has 0 amide bonds. The number of esters is 2. The van der Waals surface area contributed by atoms with E-state index in [0.29, 0.717) is 23.2 Å². The molecule has 0 aromatic heterocycles. The third-order valence-corrected chi connectivity index (χ3v) is 8.39. The summed E-state index contributed by atoms with van der Waals surface area (Å²) in [7, 11) is 0. The standard InChI is InChI=1S/C25H40O5/c1-15-8-9-20-19(21(15)23(28)29-14-18(13-26)30-17(3)27)12-16(2)22-24(4,5)10-7-11-25(20,22)6/h8-9,15-16,18-22,26H,7,10-14H2,1-6H3. The van der Waals surface area contributed by atoms with Gasteiger partial charge in [-0.3, -0.25) is 9.59 Å². The molecule has 0 radical (unpaired) electrons. The van der Waals surface area contributed by atoms with E-state index in [1.807, 2.05) is 0 Å². The molecule has 0 aromatic rings. The average Bonchev–Trinajstić information content (AvgIpc) is 2.63. The molecule has 0 heterocycles. The van der Waals surface area contributed by atoms with Crippen LogP contribution < -0.4 is 0 Å². The molecule has 0 aliphatic heterocycles. The van der Waals surface area contributed by atoms with Gasteiger partial charge in [-0.1, -0.05) is 53.2 Å². The van der Waals surface area contributed by atoms with E-state index >= 15 is 0 Å². The number of carbonyl (C=O) groups excluding carboxylic acids is 2. The zero-order valence-electron chi connectivity index (χ0n) is 19.5. The highest BCUT2D eigenvalue weighted by molar-refractivity contribution is 5.74. The van der Waals surface area contributed by atoms with E-state index in [4.69, 9.17) is 9.47 Å². The number of hydrogen-bond acceptors (Lipinski definition) is 5. The number of aliphatic hydroxyl groups is 1. The molecule has 3 aliphatic rings. The van der Waals surface area contributed by atoms with Crippen LogP contribution in [0.4, 0.5) is 0 Å². The Morgan fingerprint density at radius 3 is 2.50 bits per heavy atom. The van der Waals surface area contributed by atoms with E-state index < -0.39 is 12.1 Å². The number of aliphatic hydroxyl groups excluding tert-OH is 1. The second-order valence-electron chi connectivity index (χ2n) is 11.0. The van der Waals surface area contributed by atoms with Crippen LogP contribution in [-0.2, 0) is 19.1 Å². The third kappa shape index (κ3) is 4.19. The minimum Gasteiger partial charge on any atom is -0.461 e. The minimum absolute atomic E-state index is 0.0955. The minimum atomic E-state index is -0.803. The predicted octanol–water partition coefficient (Wildman–Crippen LogP) is 4.38. The van der Waals surface area contributed by atoms with Gasteiger partial charge in [0, 0.05) is 6.92 Å². The second kappa shape index (κ2) is 8.64. The monoisotopic (exact) mass is 420 g/mol. The molecule has 8 atom stereocenters. The van der Waals surface area contributed by atoms with Crippen LogP contribution in [0, 0.1) is 46.3 Å². The lowest BCUT2D eigenvalue weighted by atomic mass is 9.42. The fourth-order valence-corrected chi connectivity index (χ4v) is 7.68. The number of fused-ring (bicyclic) bond motifs is 3. The normalized spacial score (nSPS) is 40.6. The maximum Gasteiger partial charge on any atom is 0.309 e. The Morgan fingerprint density at radius 1 is 1.17 bits per heavy atom. The summed E-state index contributed by atoms with van der Waals surface area (Å²) in [5.74, 6) is 1.07. The fourth-order valence-electron chi connectivity index (χ4n) is 7.68. The van der Waals surface area contributed by atoms with Crippen molar-refractivity contribution in [2.75, 3.05) is 13.2 Å². The Balaban J connectivity index is 1.81. The fraction of sp³-hybridized carbons (Fsp3) is 0.840. The van der Waals surface area contributed by atoms with Crippen LogP contribution in [0.5, 0.6) is 0 Å². The van der Waals surface area contributed by atoms with E-state index in [9.17, 15) is 14.7 Å². The molecule has 5 heteroatoms. The summed E-state index contributed by atoms with van der Waals surface area (Å²) in [5.41, 5.74) is 0.521. The summed E-state index contributed by atoms with van der Waals surface area (Å²) in [6.07, 6.45) is 8.58. The van der Waals surface area contributed by atoms with Crippen molar-refractivity contribution in [2.45, 2.75) is 73.3 Å². The molecule has 0 aromatic carbocycles. The van der Waals surface area contributed by atoms with Gasteiger partial charge in [-0.15, -0.1) is 0 Å². The van der Waals surface area contributed by atoms with Crippen LogP contribution in [-0.4, -0.2) is 36.4 Å². The summed E-state index contributed by atoms with van der Waals surface area (Å²) >= 11 is 0. The lowest BCUT2D eigenvalue weighted by Crippen LogP contribution is -2.57. The van der Waals surface area contributed by atoms with E-state index in [1.165, 1.54) is 26.2 Å². The van der Waals surface area contributed by atoms with Gasteiger partial charge in [0.15, 0.2) is 6.10 Å². The van der Waals surface area contributed by atoms with Crippen molar-refractivity contribution in [1.82, 2.24) is 0 Å². The number of rotatable bonds is 5. The Morgan fingerprint density at radius 2 is 1.87 bits per heavy atom. The van der Waals surface area contributed by atoms with E-state index in [0.717, 1.165) is 6.42 Å². The van der Waals surface area contributed by atoms with Crippen LogP contribution >= 0.6 is 0 Å². The highest BCUT2D eigenvalue weighted by atomic mass is 16.6. The molecular weight excluding hydrogens is 380 g/mol. The summed E-state index contributed by atoms with van der Waals surface area (Å²) in [6.45, 7) is 12.6. The van der Waals surface area contributed by atoms with Gasteiger partial charge in [0.25, 0.3) is 0 Å². The molecule has 3 aliphatic carbocycles. The molecule has 0 bridgehead atoms. The largest absolute Gasteiger partial charge is 0.461 e. The van der Waals surface area contributed by atoms with Gasteiger partial charge in [-0.05, 0) is 59.7 Å². The maximum absolute atomic E-state index is 13.2. The van der Waals surface area contributed by atoms with Gasteiger partial charge in [0.2, 0.25) is 0 Å². The van der Waals surface area contributed by atoms with Crippen LogP contribution in [0.2, 0.25) is 0 Å². The number of allylic oxidation sites excluding steroid dienone is 2. The summed E-state index contributed by atoms with van der Waals surface area (Å²) in [5, 5.41) is 9.40. The molecule has 2 fully saturated rings. The Kier molecular flexibility index (Phi) is 6.71. The summed E-state index contributed by atoms with van der Waals surface area (Å²) < 4.78 is 10.6. The first-order chi connectivity index (χ1) is 14.0. The van der Waals surface area contributed by atoms with Gasteiger partial charge < -0.3 is 14.6 Å². The molecule has 170 valence electrons. The van der Waals surface area contributed by atoms with Crippen molar-refractivity contribution in [2.24, 2.45) is 46.3 Å². The molecule has 0 spiro atoms. The van der Waals surface area contributed by atoms with Crippen molar-refractivity contribution < 1.29 is 24.2 Å². The van der Waals surface area contributed by atoms with Crippen LogP contribution in [0.15, 0.2) is 12.2 Å². The Labute approximate surface area is 181 Å². The molecule has 1 N–H and O–H groups in total. The molecule has 0 saturated heterocycles. The van der Waals surface area contributed by atoms with E-state index in [1.54, 1.807) is 0 Å². The van der Waals surface area contributed by atoms with Crippen molar-refractivity contribution >= 4 is 11.9 Å². The predicted molar refractivity (Wildman–Crippen MR) is 115 cm³/mol. The van der Waals surface area contributed by atoms with Crippen molar-refractivity contribution in [3.63, 3.8) is 0 Å². The van der Waals surface area contributed by atoms with E-state index in [2.05, 4.69) is 46.8 Å². The first kappa shape index (κ1) is 23.3. The smallest absolute Gasteiger partial charge is 0.309 e. The molecular formula is C25H40O5. The average molecular weight is 421 g/mol. The first-order valence-corrected chi connectivity index (χ1v) is 11.6. The Bertz CT molecular complexity index is 683. The topological polar surface area (TPSA) is 72.8 Å². The van der Waals surface area contributed by atoms with Gasteiger partial charge >= 0.3 is 11.9 Å². The molecule has 30 heavy (non-hydrogen) atoms. The number of hydrogen-bond donors (Lipinski definition) is 1. The van der Waals surface area contributed by atoms with Crippen LogP contribution in [0.1, 0.15) is 67.2 Å². The molecule has 2 saturated carbocycles. The maximum atomic E-state index is 13.2. The molecule has 5 nitrogen and oxygen atoms in total. The lowest BCUT2D eigenvalue weighted by Gasteiger charge is -2.63. The number of ether oxygens (including phenoxy) is 2. The third-order valence-electron chi connectivity index (χ3n) is 8.39. The van der Waals surface area contributed by atoms with Gasteiger partial charge in [-0.2, -0.15) is 0 Å². The lowest BCUT2D eigenvalue weighted by molar-refractivity contribution is -0.171. The van der Waals surface area contributed by atoms with Crippen molar-refractivity contribution in [3.8, 4) is 0 Å². The van der Waals surface area contributed by atoms with Gasteiger partial charge in [0.05, 0.1) is 12.5 Å². The quantitative estimate of drug-likeness (QED) is 0.528. The summed E-state index contributed by atoms with van der Waals surface area (Å²) in [6, 6.07) is 0.